The lowest BCUT2D eigenvalue weighted by Crippen LogP contribution is -2.58. The minimum atomic E-state index is -0.451. The summed E-state index contributed by atoms with van der Waals surface area (Å²) in [6.45, 7) is 2.17. The van der Waals surface area contributed by atoms with Gasteiger partial charge in [0.05, 0.1) is 20.3 Å². The van der Waals surface area contributed by atoms with E-state index in [1.54, 1.807) is 14.2 Å². The van der Waals surface area contributed by atoms with Gasteiger partial charge in [-0.3, -0.25) is 0 Å². The molecule has 4 nitrogen and oxygen atoms in total. The first kappa shape index (κ1) is 16.4. The van der Waals surface area contributed by atoms with Crippen molar-refractivity contribution in [2.45, 2.75) is 31.0 Å². The van der Waals surface area contributed by atoms with Crippen LogP contribution in [0.5, 0.6) is 0 Å². The van der Waals surface area contributed by atoms with Gasteiger partial charge in [0.15, 0.2) is 0 Å². The summed E-state index contributed by atoms with van der Waals surface area (Å²) in [7, 11) is 5.73. The molecular formula is C17H28NO3+. The zero-order valence-electron chi connectivity index (χ0n) is 13.4. The van der Waals surface area contributed by atoms with Gasteiger partial charge < -0.3 is 19.1 Å². The number of hydrogen-bond donors (Lipinski definition) is 1. The highest BCUT2D eigenvalue weighted by molar-refractivity contribution is 5.17. The van der Waals surface area contributed by atoms with Crippen molar-refractivity contribution in [3.8, 4) is 0 Å². The molecule has 0 unspecified atom stereocenters. The first-order valence-corrected chi connectivity index (χ1v) is 7.67. The molecule has 1 heterocycles. The SMILES string of the molecule is COC[C@@H]1CC[C@@H](COC)[N+]1(C)C[C@@H](O)c1ccccc1. The fraction of sp³-hybridized carbons (Fsp3) is 0.647. The topological polar surface area (TPSA) is 38.7 Å². The van der Waals surface area contributed by atoms with Crippen LogP contribution in [0.1, 0.15) is 24.5 Å². The van der Waals surface area contributed by atoms with Crippen molar-refractivity contribution < 1.29 is 19.1 Å². The predicted octanol–water partition coefficient (Wildman–Crippen LogP) is 1.99. The number of nitrogens with zero attached hydrogens (tertiary/aromatic N) is 1. The van der Waals surface area contributed by atoms with E-state index in [-0.39, 0.29) is 0 Å². The number of likely N-dealkylation sites (tertiary alicyclic amines) is 1. The lowest BCUT2D eigenvalue weighted by atomic mass is 10.1. The summed E-state index contributed by atoms with van der Waals surface area (Å²) < 4.78 is 11.6. The molecule has 1 aromatic rings. The summed E-state index contributed by atoms with van der Waals surface area (Å²) in [5.41, 5.74) is 0.982. The number of hydrogen-bond acceptors (Lipinski definition) is 3. The number of ether oxygens (including phenoxy) is 2. The van der Waals surface area contributed by atoms with E-state index in [9.17, 15) is 5.11 Å². The number of benzene rings is 1. The number of likely N-dealkylation sites (N-methyl/N-ethyl adjacent to an activating group) is 1. The predicted molar refractivity (Wildman–Crippen MR) is 83.0 cm³/mol. The van der Waals surface area contributed by atoms with E-state index in [0.29, 0.717) is 18.6 Å². The van der Waals surface area contributed by atoms with Gasteiger partial charge in [0.1, 0.15) is 24.7 Å². The second kappa shape index (κ2) is 7.36. The minimum Gasteiger partial charge on any atom is -0.382 e. The smallest absolute Gasteiger partial charge is 0.128 e. The summed E-state index contributed by atoms with van der Waals surface area (Å²) in [5.74, 6) is 0. The first-order valence-electron chi connectivity index (χ1n) is 7.67. The van der Waals surface area contributed by atoms with Gasteiger partial charge in [0.25, 0.3) is 0 Å². The van der Waals surface area contributed by atoms with Crippen molar-refractivity contribution in [2.24, 2.45) is 0 Å². The van der Waals surface area contributed by atoms with Crippen LogP contribution in [0.3, 0.4) is 0 Å². The fourth-order valence-corrected chi connectivity index (χ4v) is 3.62. The standard InChI is InChI=1S/C17H28NO3/c1-18(11-17(19)14-7-5-4-6-8-14)15(12-20-2)9-10-16(18)13-21-3/h4-8,15-17,19H,9-13H2,1-3H3/q+1/t15-,16-,17+/m0/s1. The van der Waals surface area contributed by atoms with Crippen LogP contribution in [0, 0.1) is 0 Å². The molecule has 0 amide bonds. The van der Waals surface area contributed by atoms with Crippen molar-refractivity contribution in [1.82, 2.24) is 0 Å². The maximum absolute atomic E-state index is 10.6. The van der Waals surface area contributed by atoms with Crippen LogP contribution in [-0.2, 0) is 9.47 Å². The Hall–Kier alpha value is -0.940. The zero-order valence-corrected chi connectivity index (χ0v) is 13.4. The maximum Gasteiger partial charge on any atom is 0.128 e. The molecule has 0 bridgehead atoms. The quantitative estimate of drug-likeness (QED) is 0.782. The summed E-state index contributed by atoms with van der Waals surface area (Å²) in [6, 6.07) is 10.8. The first-order chi connectivity index (χ1) is 10.1. The average molecular weight is 294 g/mol. The highest BCUT2D eigenvalue weighted by atomic mass is 16.5. The van der Waals surface area contributed by atoms with Gasteiger partial charge in [-0.05, 0) is 5.56 Å². The van der Waals surface area contributed by atoms with Crippen LogP contribution in [0.2, 0.25) is 0 Å². The van der Waals surface area contributed by atoms with E-state index in [2.05, 4.69) is 7.05 Å². The average Bonchev–Trinajstić information content (AvgIpc) is 2.78. The monoisotopic (exact) mass is 294 g/mol. The van der Waals surface area contributed by atoms with Crippen LogP contribution >= 0.6 is 0 Å². The van der Waals surface area contributed by atoms with Crippen molar-refractivity contribution in [3.05, 3.63) is 35.9 Å². The molecule has 1 fully saturated rings. The van der Waals surface area contributed by atoms with Crippen LogP contribution < -0.4 is 0 Å². The minimum absolute atomic E-state index is 0.425. The van der Waals surface area contributed by atoms with E-state index in [1.165, 1.54) is 0 Å². The molecule has 1 aliphatic rings. The lowest BCUT2D eigenvalue weighted by molar-refractivity contribution is -0.947. The Labute approximate surface area is 127 Å². The Balaban J connectivity index is 2.14. The summed E-state index contributed by atoms with van der Waals surface area (Å²) >= 11 is 0. The Morgan fingerprint density at radius 2 is 1.62 bits per heavy atom. The Morgan fingerprint density at radius 3 is 2.10 bits per heavy atom. The third kappa shape index (κ3) is 3.64. The molecule has 21 heavy (non-hydrogen) atoms. The Kier molecular flexibility index (Phi) is 5.76. The Morgan fingerprint density at radius 1 is 1.10 bits per heavy atom. The molecule has 1 N–H and O–H groups in total. The number of rotatable bonds is 7. The molecule has 1 saturated heterocycles. The largest absolute Gasteiger partial charge is 0.382 e. The van der Waals surface area contributed by atoms with Crippen molar-refractivity contribution in [1.29, 1.82) is 0 Å². The number of aliphatic hydroxyl groups excluding tert-OH is 1. The molecule has 0 aromatic heterocycles. The highest BCUT2D eigenvalue weighted by Gasteiger charge is 2.47. The molecule has 1 aliphatic heterocycles. The second-order valence-corrected chi connectivity index (χ2v) is 6.25. The summed E-state index contributed by atoms with van der Waals surface area (Å²) in [4.78, 5) is 0. The second-order valence-electron chi connectivity index (χ2n) is 6.25. The van der Waals surface area contributed by atoms with Crippen LogP contribution in [-0.4, -0.2) is 62.7 Å². The summed E-state index contributed by atoms with van der Waals surface area (Å²) in [6.07, 6.45) is 1.80. The molecule has 0 saturated carbocycles. The molecule has 0 aliphatic carbocycles. The highest BCUT2D eigenvalue weighted by Crippen LogP contribution is 2.34. The molecular weight excluding hydrogens is 266 g/mol. The Bertz CT molecular complexity index is 409. The van der Waals surface area contributed by atoms with E-state index in [0.717, 1.165) is 36.1 Å². The number of aliphatic hydroxyl groups is 1. The normalized spacial score (nSPS) is 25.9. The molecule has 0 radical (unpaired) electrons. The van der Waals surface area contributed by atoms with Crippen LogP contribution in [0.25, 0.3) is 0 Å². The van der Waals surface area contributed by atoms with Gasteiger partial charge in [-0.15, -0.1) is 0 Å². The molecule has 2 rings (SSSR count). The number of methoxy groups -OCH3 is 2. The van der Waals surface area contributed by atoms with E-state index >= 15 is 0 Å². The van der Waals surface area contributed by atoms with Gasteiger partial charge in [-0.1, -0.05) is 30.3 Å². The maximum atomic E-state index is 10.6. The fourth-order valence-electron chi connectivity index (χ4n) is 3.62. The lowest BCUT2D eigenvalue weighted by Gasteiger charge is -2.42. The van der Waals surface area contributed by atoms with Gasteiger partial charge in [0, 0.05) is 27.1 Å². The van der Waals surface area contributed by atoms with E-state index in [4.69, 9.17) is 9.47 Å². The summed E-state index contributed by atoms with van der Waals surface area (Å²) in [5, 5.41) is 10.6. The van der Waals surface area contributed by atoms with Crippen molar-refractivity contribution in [3.63, 3.8) is 0 Å². The third-order valence-electron chi connectivity index (χ3n) is 4.97. The van der Waals surface area contributed by atoms with Crippen molar-refractivity contribution >= 4 is 0 Å². The van der Waals surface area contributed by atoms with E-state index < -0.39 is 6.10 Å². The molecule has 0 spiro atoms. The van der Waals surface area contributed by atoms with Crippen molar-refractivity contribution in [2.75, 3.05) is 41.0 Å². The van der Waals surface area contributed by atoms with E-state index in [1.807, 2.05) is 30.3 Å². The van der Waals surface area contributed by atoms with Gasteiger partial charge in [-0.2, -0.15) is 0 Å². The zero-order chi connectivity index (χ0) is 15.3. The van der Waals surface area contributed by atoms with Gasteiger partial charge >= 0.3 is 0 Å². The molecule has 3 atom stereocenters. The van der Waals surface area contributed by atoms with Crippen LogP contribution in [0.15, 0.2) is 30.3 Å². The molecule has 1 aromatic carbocycles. The number of quaternary nitrogens is 1. The van der Waals surface area contributed by atoms with Gasteiger partial charge in [-0.25, -0.2) is 0 Å². The molecule has 118 valence electrons. The van der Waals surface area contributed by atoms with Gasteiger partial charge in [0.2, 0.25) is 0 Å². The third-order valence-corrected chi connectivity index (χ3v) is 4.97. The van der Waals surface area contributed by atoms with Crippen LogP contribution in [0.4, 0.5) is 0 Å². The molecule has 4 heteroatoms.